The van der Waals surface area contributed by atoms with Crippen molar-refractivity contribution in [3.8, 4) is 11.4 Å². The number of nitrogens with zero attached hydrogens (tertiary/aromatic N) is 4. The number of amides is 1. The zero-order chi connectivity index (χ0) is 19.5. The van der Waals surface area contributed by atoms with E-state index in [2.05, 4.69) is 10.1 Å². The summed E-state index contributed by atoms with van der Waals surface area (Å²) in [6.45, 7) is 3.33. The molecule has 1 aromatic carbocycles. The van der Waals surface area contributed by atoms with Gasteiger partial charge in [-0.2, -0.15) is 9.71 Å². The average Bonchev–Trinajstić information content (AvgIpc) is 3.16. The molecule has 3 heterocycles. The van der Waals surface area contributed by atoms with Crippen LogP contribution in [0.3, 0.4) is 0 Å². The van der Waals surface area contributed by atoms with Crippen LogP contribution in [0.1, 0.15) is 34.7 Å². The molecule has 28 heavy (non-hydrogen) atoms. The first kappa shape index (κ1) is 18.2. The van der Waals surface area contributed by atoms with Gasteiger partial charge in [0.15, 0.2) is 12.4 Å². The van der Waals surface area contributed by atoms with E-state index in [4.69, 9.17) is 4.52 Å². The van der Waals surface area contributed by atoms with Gasteiger partial charge in [-0.15, -0.1) is 0 Å². The van der Waals surface area contributed by atoms with Gasteiger partial charge in [0.25, 0.3) is 5.91 Å². The number of likely N-dealkylation sites (tertiary alicyclic amines) is 1. The molecule has 7 heteroatoms. The Balaban J connectivity index is 1.43. The Morgan fingerprint density at radius 3 is 3.00 bits per heavy atom. The lowest BCUT2D eigenvalue weighted by molar-refractivity contribution is -0.605. The molecule has 7 nitrogen and oxygen atoms in total. The highest BCUT2D eigenvalue weighted by Gasteiger charge is 2.27. The Kier molecular flexibility index (Phi) is 5.06. The van der Waals surface area contributed by atoms with E-state index in [9.17, 15) is 10.0 Å². The molecule has 4 rings (SSSR count). The molecule has 144 valence electrons. The summed E-state index contributed by atoms with van der Waals surface area (Å²) < 4.78 is 6.12. The van der Waals surface area contributed by atoms with Gasteiger partial charge in [-0.3, -0.25) is 4.79 Å². The van der Waals surface area contributed by atoms with Crippen LogP contribution in [0, 0.1) is 18.0 Å². The second-order valence-electron chi connectivity index (χ2n) is 7.24. The second-order valence-corrected chi connectivity index (χ2v) is 7.24. The summed E-state index contributed by atoms with van der Waals surface area (Å²) in [5.74, 6) is 1.34. The quantitative estimate of drug-likeness (QED) is 0.515. The van der Waals surface area contributed by atoms with Gasteiger partial charge in [-0.1, -0.05) is 29.4 Å². The fourth-order valence-electron chi connectivity index (χ4n) is 3.70. The maximum atomic E-state index is 12.7. The molecule has 0 spiro atoms. The predicted octanol–water partition coefficient (Wildman–Crippen LogP) is 2.77. The molecule has 2 aromatic heterocycles. The van der Waals surface area contributed by atoms with Crippen molar-refractivity contribution < 1.29 is 14.0 Å². The lowest BCUT2D eigenvalue weighted by atomic mass is 9.94. The van der Waals surface area contributed by atoms with Gasteiger partial charge >= 0.3 is 0 Å². The molecule has 0 aliphatic carbocycles. The standard InChI is InChI=1S/C21H22N4O3/c1-15-6-2-3-9-18(15)20-22-19(28-23-20)12-16-7-4-10-24(13-16)21(26)17-8-5-11-25(27)14-17/h2-3,5-6,8-9,11,14,16H,4,7,10,12-13H2,1H3. The van der Waals surface area contributed by atoms with Crippen molar-refractivity contribution in [1.82, 2.24) is 15.0 Å². The van der Waals surface area contributed by atoms with Crippen molar-refractivity contribution in [3.05, 3.63) is 71.0 Å². The minimum Gasteiger partial charge on any atom is -0.619 e. The van der Waals surface area contributed by atoms with Crippen LogP contribution in [0.25, 0.3) is 11.4 Å². The first-order valence-corrected chi connectivity index (χ1v) is 9.47. The van der Waals surface area contributed by atoms with Gasteiger partial charge < -0.3 is 14.6 Å². The van der Waals surface area contributed by atoms with E-state index in [1.54, 1.807) is 12.1 Å². The fourth-order valence-corrected chi connectivity index (χ4v) is 3.70. The van der Waals surface area contributed by atoms with Crippen molar-refractivity contribution in [2.45, 2.75) is 26.2 Å². The number of aromatic nitrogens is 3. The molecule has 1 saturated heterocycles. The van der Waals surface area contributed by atoms with E-state index in [1.165, 1.54) is 12.4 Å². The summed E-state index contributed by atoms with van der Waals surface area (Å²) >= 11 is 0. The van der Waals surface area contributed by atoms with Gasteiger partial charge in [0.2, 0.25) is 11.7 Å². The van der Waals surface area contributed by atoms with Crippen LogP contribution in [-0.4, -0.2) is 34.0 Å². The molecule has 1 atom stereocenters. The van der Waals surface area contributed by atoms with Crippen LogP contribution >= 0.6 is 0 Å². The van der Waals surface area contributed by atoms with Gasteiger partial charge in [-0.05, 0) is 37.3 Å². The zero-order valence-electron chi connectivity index (χ0n) is 15.7. The maximum Gasteiger partial charge on any atom is 0.259 e. The van der Waals surface area contributed by atoms with Crippen LogP contribution in [0.5, 0.6) is 0 Å². The Morgan fingerprint density at radius 2 is 2.18 bits per heavy atom. The smallest absolute Gasteiger partial charge is 0.259 e. The predicted molar refractivity (Wildman–Crippen MR) is 102 cm³/mol. The molecule has 1 amide bonds. The Morgan fingerprint density at radius 1 is 1.32 bits per heavy atom. The number of hydrogen-bond donors (Lipinski definition) is 0. The van der Waals surface area contributed by atoms with Crippen molar-refractivity contribution in [2.24, 2.45) is 5.92 Å². The Hall–Kier alpha value is -3.22. The highest BCUT2D eigenvalue weighted by molar-refractivity contribution is 5.93. The maximum absolute atomic E-state index is 12.7. The van der Waals surface area contributed by atoms with Gasteiger partial charge in [0.1, 0.15) is 5.56 Å². The Bertz CT molecular complexity index is 985. The van der Waals surface area contributed by atoms with Crippen molar-refractivity contribution in [2.75, 3.05) is 13.1 Å². The molecular weight excluding hydrogens is 356 g/mol. The third kappa shape index (κ3) is 3.88. The second kappa shape index (κ2) is 7.80. The highest BCUT2D eigenvalue weighted by Crippen LogP contribution is 2.24. The highest BCUT2D eigenvalue weighted by atomic mass is 16.5. The third-order valence-corrected chi connectivity index (χ3v) is 5.15. The molecule has 0 N–H and O–H groups in total. The van der Waals surface area contributed by atoms with E-state index in [1.807, 2.05) is 36.1 Å². The molecule has 1 aliphatic heterocycles. The normalized spacial score (nSPS) is 16.9. The summed E-state index contributed by atoms with van der Waals surface area (Å²) in [7, 11) is 0. The number of hydrogen-bond acceptors (Lipinski definition) is 5. The van der Waals surface area contributed by atoms with E-state index in [-0.39, 0.29) is 11.8 Å². The minimum atomic E-state index is -0.110. The summed E-state index contributed by atoms with van der Waals surface area (Å²) in [5.41, 5.74) is 2.48. The number of rotatable bonds is 4. The number of carbonyl (C=O) groups excluding carboxylic acids is 1. The van der Waals surface area contributed by atoms with Crippen LogP contribution in [0.2, 0.25) is 0 Å². The molecule has 0 radical (unpaired) electrons. The number of benzene rings is 1. The van der Waals surface area contributed by atoms with E-state index in [0.717, 1.165) is 24.0 Å². The molecule has 0 bridgehead atoms. The van der Waals surface area contributed by atoms with Crippen LogP contribution < -0.4 is 4.73 Å². The van der Waals surface area contributed by atoms with Crippen molar-refractivity contribution in [3.63, 3.8) is 0 Å². The summed E-state index contributed by atoms with van der Waals surface area (Å²) in [6.07, 6.45) is 5.25. The molecule has 1 aliphatic rings. The number of pyridine rings is 1. The lowest BCUT2D eigenvalue weighted by Crippen LogP contribution is -2.41. The van der Waals surface area contributed by atoms with E-state index < -0.39 is 0 Å². The molecular formula is C21H22N4O3. The third-order valence-electron chi connectivity index (χ3n) is 5.15. The van der Waals surface area contributed by atoms with Gasteiger partial charge in [0.05, 0.1) is 0 Å². The van der Waals surface area contributed by atoms with Gasteiger partial charge in [-0.25, -0.2) is 0 Å². The van der Waals surface area contributed by atoms with E-state index >= 15 is 0 Å². The molecule has 1 unspecified atom stereocenters. The van der Waals surface area contributed by atoms with Crippen LogP contribution in [0.15, 0.2) is 53.3 Å². The molecule has 0 saturated carbocycles. The lowest BCUT2D eigenvalue weighted by Gasteiger charge is -2.32. The van der Waals surface area contributed by atoms with Gasteiger partial charge in [0, 0.05) is 31.1 Å². The largest absolute Gasteiger partial charge is 0.619 e. The van der Waals surface area contributed by atoms with Crippen molar-refractivity contribution in [1.29, 1.82) is 0 Å². The number of piperidine rings is 1. The van der Waals surface area contributed by atoms with Crippen LogP contribution in [0.4, 0.5) is 0 Å². The average molecular weight is 378 g/mol. The van der Waals surface area contributed by atoms with Crippen molar-refractivity contribution >= 4 is 5.91 Å². The first-order chi connectivity index (χ1) is 13.6. The summed E-state index contributed by atoms with van der Waals surface area (Å²) in [6, 6.07) is 11.2. The summed E-state index contributed by atoms with van der Waals surface area (Å²) in [5, 5.41) is 15.6. The molecule has 1 fully saturated rings. The molecule has 3 aromatic rings. The van der Waals surface area contributed by atoms with Crippen LogP contribution in [-0.2, 0) is 6.42 Å². The number of aryl methyl sites for hydroxylation is 1. The Labute approximate surface area is 163 Å². The topological polar surface area (TPSA) is 86.2 Å². The summed E-state index contributed by atoms with van der Waals surface area (Å²) in [4.78, 5) is 19.1. The van der Waals surface area contributed by atoms with E-state index in [0.29, 0.717) is 41.5 Å². The minimum absolute atomic E-state index is 0.110. The SMILES string of the molecule is Cc1ccccc1-c1noc(CC2CCCN(C(=O)c3ccc[n+]([O-])c3)C2)n1. The number of carbonyl (C=O) groups is 1. The first-order valence-electron chi connectivity index (χ1n) is 9.47. The zero-order valence-corrected chi connectivity index (χ0v) is 15.7. The monoisotopic (exact) mass is 378 g/mol. The fraction of sp³-hybridized carbons (Fsp3) is 0.333.